The summed E-state index contributed by atoms with van der Waals surface area (Å²) in [5.41, 5.74) is 1.24. The van der Waals surface area contributed by atoms with Gasteiger partial charge in [0, 0.05) is 13.1 Å². The van der Waals surface area contributed by atoms with Crippen LogP contribution in [-0.2, 0) is 23.2 Å². The third-order valence-electron chi connectivity index (χ3n) is 4.14. The van der Waals surface area contributed by atoms with Crippen molar-refractivity contribution in [3.63, 3.8) is 0 Å². The van der Waals surface area contributed by atoms with Gasteiger partial charge in [0.15, 0.2) is 6.67 Å². The fraction of sp³-hybridized carbons (Fsp3) is 0.562. The third kappa shape index (κ3) is 4.43. The highest BCUT2D eigenvalue weighted by Gasteiger charge is 2.29. The Kier molecular flexibility index (Phi) is 6.67. The quantitative estimate of drug-likeness (QED) is 0.729. The minimum absolute atomic E-state index is 0.336. The molecule has 140 valence electrons. The lowest BCUT2D eigenvalue weighted by atomic mass is 10.4. The summed E-state index contributed by atoms with van der Waals surface area (Å²) in [5, 5.41) is 4.48. The fourth-order valence-electron chi connectivity index (χ4n) is 2.96. The summed E-state index contributed by atoms with van der Waals surface area (Å²) in [6.07, 6.45) is 0. The standard InChI is InChI=1S/C16H25ClN4O2S2/c1-6-20(7-2)25(22,23)16-12(3)18-21(13(16)4)11-19(5)10-14-8-9-15(17)24-14/h8-9H,6-7,10-11H2,1-5H3/p+1. The Morgan fingerprint density at radius 3 is 2.44 bits per heavy atom. The molecule has 2 heterocycles. The first-order chi connectivity index (χ1) is 11.7. The molecule has 0 fully saturated rings. The number of hydrogen-bond donors (Lipinski definition) is 1. The molecule has 2 aromatic heterocycles. The molecule has 0 saturated heterocycles. The minimum Gasteiger partial charge on any atom is -0.314 e. The van der Waals surface area contributed by atoms with Gasteiger partial charge in [0.1, 0.15) is 11.4 Å². The number of nitrogens with zero attached hydrogens (tertiary/aromatic N) is 3. The van der Waals surface area contributed by atoms with Crippen LogP contribution >= 0.6 is 22.9 Å². The van der Waals surface area contributed by atoms with E-state index in [0.717, 1.165) is 10.9 Å². The van der Waals surface area contributed by atoms with Crippen molar-refractivity contribution in [3.05, 3.63) is 32.7 Å². The third-order valence-corrected chi connectivity index (χ3v) is 7.68. The van der Waals surface area contributed by atoms with Crippen molar-refractivity contribution < 1.29 is 13.3 Å². The zero-order valence-corrected chi connectivity index (χ0v) is 17.7. The lowest BCUT2D eigenvalue weighted by molar-refractivity contribution is -0.917. The second-order valence-corrected chi connectivity index (χ2v) is 9.76. The maximum absolute atomic E-state index is 12.9. The van der Waals surface area contributed by atoms with E-state index in [4.69, 9.17) is 11.6 Å². The number of rotatable bonds is 8. The van der Waals surface area contributed by atoms with E-state index in [1.807, 2.05) is 32.9 Å². The normalized spacial score (nSPS) is 13.6. The molecule has 2 rings (SSSR count). The van der Waals surface area contributed by atoms with E-state index in [1.54, 1.807) is 22.9 Å². The first kappa shape index (κ1) is 20.4. The summed E-state index contributed by atoms with van der Waals surface area (Å²) in [6.45, 7) is 9.59. The van der Waals surface area contributed by atoms with Crippen LogP contribution in [0.2, 0.25) is 4.34 Å². The molecule has 2 aromatic rings. The molecule has 0 aliphatic carbocycles. The van der Waals surface area contributed by atoms with Crippen molar-refractivity contribution in [1.29, 1.82) is 0 Å². The van der Waals surface area contributed by atoms with Gasteiger partial charge in [-0.3, -0.25) is 0 Å². The molecule has 1 atom stereocenters. The molecular formula is C16H26ClN4O2S2+. The molecule has 0 saturated carbocycles. The Labute approximate surface area is 159 Å². The van der Waals surface area contributed by atoms with Crippen LogP contribution < -0.4 is 4.90 Å². The average Bonchev–Trinajstić information content (AvgIpc) is 3.03. The number of quaternary nitrogens is 1. The molecule has 0 aromatic carbocycles. The molecule has 6 nitrogen and oxygen atoms in total. The molecule has 25 heavy (non-hydrogen) atoms. The summed E-state index contributed by atoms with van der Waals surface area (Å²) < 4.78 is 29.8. The van der Waals surface area contributed by atoms with Gasteiger partial charge < -0.3 is 4.90 Å². The van der Waals surface area contributed by atoms with Crippen molar-refractivity contribution in [1.82, 2.24) is 14.1 Å². The number of halogens is 1. The maximum Gasteiger partial charge on any atom is 0.246 e. The second kappa shape index (κ2) is 8.18. The molecule has 0 radical (unpaired) electrons. The summed E-state index contributed by atoms with van der Waals surface area (Å²) in [6, 6.07) is 3.92. The van der Waals surface area contributed by atoms with Gasteiger partial charge in [-0.05, 0) is 26.0 Å². The number of aromatic nitrogens is 2. The smallest absolute Gasteiger partial charge is 0.246 e. The van der Waals surface area contributed by atoms with Gasteiger partial charge in [-0.15, -0.1) is 11.3 Å². The lowest BCUT2D eigenvalue weighted by Crippen LogP contribution is -3.06. The van der Waals surface area contributed by atoms with Crippen molar-refractivity contribution in [2.24, 2.45) is 0 Å². The highest BCUT2D eigenvalue weighted by atomic mass is 35.5. The Morgan fingerprint density at radius 2 is 1.92 bits per heavy atom. The molecule has 0 aliphatic heterocycles. The van der Waals surface area contributed by atoms with E-state index < -0.39 is 10.0 Å². The predicted molar refractivity (Wildman–Crippen MR) is 102 cm³/mol. The van der Waals surface area contributed by atoms with E-state index in [0.29, 0.717) is 36.0 Å². The van der Waals surface area contributed by atoms with Crippen molar-refractivity contribution in [2.45, 2.75) is 45.8 Å². The number of aryl methyl sites for hydroxylation is 1. The zero-order chi connectivity index (χ0) is 18.8. The Morgan fingerprint density at radius 1 is 1.28 bits per heavy atom. The zero-order valence-electron chi connectivity index (χ0n) is 15.3. The summed E-state index contributed by atoms with van der Waals surface area (Å²) >= 11 is 7.55. The van der Waals surface area contributed by atoms with Gasteiger partial charge in [-0.2, -0.15) is 9.40 Å². The van der Waals surface area contributed by atoms with E-state index in [2.05, 4.69) is 12.1 Å². The highest BCUT2D eigenvalue weighted by molar-refractivity contribution is 7.89. The second-order valence-electron chi connectivity index (χ2n) is 6.09. The summed E-state index contributed by atoms with van der Waals surface area (Å²) in [7, 11) is -1.45. The number of nitrogens with one attached hydrogen (secondary N) is 1. The average molecular weight is 406 g/mol. The molecule has 0 spiro atoms. The van der Waals surface area contributed by atoms with Gasteiger partial charge in [0.05, 0.1) is 27.6 Å². The molecule has 1 N–H and O–H groups in total. The Balaban J connectivity index is 2.24. The SMILES string of the molecule is CCN(CC)S(=O)(=O)c1c(C)nn(C[NH+](C)Cc2ccc(Cl)s2)c1C. The topological polar surface area (TPSA) is 59.6 Å². The molecule has 9 heteroatoms. The van der Waals surface area contributed by atoms with Crippen molar-refractivity contribution >= 4 is 33.0 Å². The van der Waals surface area contributed by atoms with Crippen LogP contribution in [0.4, 0.5) is 0 Å². The number of thiophene rings is 1. The van der Waals surface area contributed by atoms with Crippen LogP contribution in [0.15, 0.2) is 17.0 Å². The fourth-order valence-corrected chi connectivity index (χ4v) is 5.99. The van der Waals surface area contributed by atoms with Gasteiger partial charge >= 0.3 is 0 Å². The molecule has 0 aliphatic rings. The molecule has 0 amide bonds. The Bertz CT molecular complexity index is 825. The van der Waals surface area contributed by atoms with Gasteiger partial charge in [-0.1, -0.05) is 25.4 Å². The monoisotopic (exact) mass is 405 g/mol. The van der Waals surface area contributed by atoms with E-state index >= 15 is 0 Å². The maximum atomic E-state index is 12.9. The Hall–Kier alpha value is -0.930. The van der Waals surface area contributed by atoms with Crippen LogP contribution in [0.5, 0.6) is 0 Å². The molecular weight excluding hydrogens is 380 g/mol. The lowest BCUT2D eigenvalue weighted by Gasteiger charge is -2.19. The van der Waals surface area contributed by atoms with Crippen molar-refractivity contribution in [2.75, 3.05) is 20.1 Å². The van der Waals surface area contributed by atoms with Gasteiger partial charge in [0.2, 0.25) is 10.0 Å². The first-order valence-electron chi connectivity index (χ1n) is 8.30. The van der Waals surface area contributed by atoms with Crippen molar-refractivity contribution in [3.8, 4) is 0 Å². The van der Waals surface area contributed by atoms with Crippen LogP contribution in [0.3, 0.4) is 0 Å². The summed E-state index contributed by atoms with van der Waals surface area (Å²) in [4.78, 5) is 2.74. The first-order valence-corrected chi connectivity index (χ1v) is 10.9. The van der Waals surface area contributed by atoms with Crippen LogP contribution in [0, 0.1) is 13.8 Å². The van der Waals surface area contributed by atoms with Crippen LogP contribution in [-0.4, -0.2) is 42.6 Å². The van der Waals surface area contributed by atoms with E-state index in [9.17, 15) is 8.42 Å². The number of sulfonamides is 1. The minimum atomic E-state index is -3.51. The van der Waals surface area contributed by atoms with Gasteiger partial charge in [0.25, 0.3) is 0 Å². The van der Waals surface area contributed by atoms with E-state index in [1.165, 1.54) is 14.1 Å². The molecule has 1 unspecified atom stereocenters. The predicted octanol–water partition coefficient (Wildman–Crippen LogP) is 1.92. The summed E-state index contributed by atoms with van der Waals surface area (Å²) in [5.74, 6) is 0. The number of hydrogen-bond acceptors (Lipinski definition) is 4. The molecule has 0 bridgehead atoms. The highest BCUT2D eigenvalue weighted by Crippen LogP contribution is 2.23. The van der Waals surface area contributed by atoms with Gasteiger partial charge in [-0.25, -0.2) is 13.1 Å². The largest absolute Gasteiger partial charge is 0.314 e. The van der Waals surface area contributed by atoms with Crippen LogP contribution in [0.25, 0.3) is 0 Å². The van der Waals surface area contributed by atoms with Crippen LogP contribution in [0.1, 0.15) is 30.1 Å². The van der Waals surface area contributed by atoms with E-state index in [-0.39, 0.29) is 0 Å².